The van der Waals surface area contributed by atoms with Gasteiger partial charge in [0.05, 0.1) is 12.8 Å². The Balaban J connectivity index is 2.13. The molecule has 3 nitrogen and oxygen atoms in total. The molecule has 0 aliphatic carbocycles. The van der Waals surface area contributed by atoms with Crippen LogP contribution in [0.25, 0.3) is 0 Å². The number of hydrogen-bond acceptors (Lipinski definition) is 3. The minimum Gasteiger partial charge on any atom is -0.494 e. The molecule has 2 aromatic rings. The number of nitrogen functional groups attached to an aromatic ring is 1. The van der Waals surface area contributed by atoms with Crippen LogP contribution in [0.2, 0.25) is 0 Å². The van der Waals surface area contributed by atoms with Crippen LogP contribution in [-0.4, -0.2) is 7.11 Å². The van der Waals surface area contributed by atoms with Crippen LogP contribution in [0.5, 0.6) is 11.5 Å². The van der Waals surface area contributed by atoms with Gasteiger partial charge in [-0.15, -0.1) is 0 Å². The molecule has 0 saturated heterocycles. The number of benzene rings is 2. The molecule has 19 heavy (non-hydrogen) atoms. The van der Waals surface area contributed by atoms with E-state index in [1.165, 1.54) is 37.4 Å². The number of rotatable bonds is 4. The summed E-state index contributed by atoms with van der Waals surface area (Å²) in [6.45, 7) is 0.0199. The van der Waals surface area contributed by atoms with Gasteiger partial charge in [-0.3, -0.25) is 0 Å². The van der Waals surface area contributed by atoms with Crippen LogP contribution in [0.1, 0.15) is 5.56 Å². The molecule has 0 aliphatic rings. The monoisotopic (exact) mass is 265 g/mol. The molecular weight excluding hydrogens is 252 g/mol. The molecule has 0 bridgehead atoms. The van der Waals surface area contributed by atoms with E-state index in [0.717, 1.165) is 0 Å². The molecule has 0 unspecified atom stereocenters. The number of anilines is 1. The van der Waals surface area contributed by atoms with Crippen molar-refractivity contribution >= 4 is 5.69 Å². The molecule has 0 fully saturated rings. The molecule has 5 heteroatoms. The van der Waals surface area contributed by atoms with E-state index in [0.29, 0.717) is 5.56 Å². The van der Waals surface area contributed by atoms with Crippen molar-refractivity contribution in [2.24, 2.45) is 0 Å². The van der Waals surface area contributed by atoms with E-state index >= 15 is 0 Å². The first-order valence-corrected chi connectivity index (χ1v) is 5.61. The van der Waals surface area contributed by atoms with Crippen LogP contribution in [0, 0.1) is 11.6 Å². The smallest absolute Gasteiger partial charge is 0.178 e. The highest BCUT2D eigenvalue weighted by atomic mass is 19.1. The van der Waals surface area contributed by atoms with Gasteiger partial charge in [-0.05, 0) is 29.8 Å². The second-order valence-electron chi connectivity index (χ2n) is 3.92. The van der Waals surface area contributed by atoms with E-state index in [-0.39, 0.29) is 23.8 Å². The van der Waals surface area contributed by atoms with Gasteiger partial charge in [-0.1, -0.05) is 12.1 Å². The van der Waals surface area contributed by atoms with Gasteiger partial charge in [0, 0.05) is 0 Å². The predicted molar refractivity (Wildman–Crippen MR) is 68.1 cm³/mol. The zero-order chi connectivity index (χ0) is 13.8. The summed E-state index contributed by atoms with van der Waals surface area (Å²) in [5.41, 5.74) is 6.36. The summed E-state index contributed by atoms with van der Waals surface area (Å²) in [5, 5.41) is 0. The summed E-state index contributed by atoms with van der Waals surface area (Å²) in [6.07, 6.45) is 0. The number of para-hydroxylation sites is 1. The normalized spacial score (nSPS) is 10.3. The Kier molecular flexibility index (Phi) is 3.85. The van der Waals surface area contributed by atoms with E-state index < -0.39 is 11.6 Å². The van der Waals surface area contributed by atoms with Crippen molar-refractivity contribution in [3.05, 3.63) is 53.6 Å². The first kappa shape index (κ1) is 13.1. The number of nitrogens with two attached hydrogens (primary N) is 1. The minimum absolute atomic E-state index is 0.0199. The Morgan fingerprint density at radius 2 is 1.89 bits per heavy atom. The van der Waals surface area contributed by atoms with Gasteiger partial charge in [-0.25, -0.2) is 8.78 Å². The number of ether oxygens (including phenoxy) is 2. The maximum absolute atomic E-state index is 13.5. The third-order valence-electron chi connectivity index (χ3n) is 2.60. The fourth-order valence-electron chi connectivity index (χ4n) is 1.63. The maximum Gasteiger partial charge on any atom is 0.178 e. The Morgan fingerprint density at radius 1 is 1.11 bits per heavy atom. The maximum atomic E-state index is 13.5. The van der Waals surface area contributed by atoms with Crippen LogP contribution < -0.4 is 15.2 Å². The molecule has 100 valence electrons. The van der Waals surface area contributed by atoms with Crippen molar-refractivity contribution in [1.82, 2.24) is 0 Å². The lowest BCUT2D eigenvalue weighted by Crippen LogP contribution is -2.01. The van der Waals surface area contributed by atoms with Gasteiger partial charge in [0.25, 0.3) is 0 Å². The van der Waals surface area contributed by atoms with Gasteiger partial charge < -0.3 is 15.2 Å². The second-order valence-corrected chi connectivity index (χ2v) is 3.92. The predicted octanol–water partition coefficient (Wildman–Crippen LogP) is 3.13. The van der Waals surface area contributed by atoms with Crippen LogP contribution in [-0.2, 0) is 6.61 Å². The molecule has 0 spiro atoms. The van der Waals surface area contributed by atoms with Crippen molar-refractivity contribution in [2.45, 2.75) is 6.61 Å². The Morgan fingerprint density at radius 3 is 2.53 bits per heavy atom. The van der Waals surface area contributed by atoms with Gasteiger partial charge in [0.1, 0.15) is 6.61 Å². The average molecular weight is 265 g/mol. The van der Waals surface area contributed by atoms with E-state index in [9.17, 15) is 8.78 Å². The fraction of sp³-hybridized carbons (Fsp3) is 0.143. The van der Waals surface area contributed by atoms with Crippen molar-refractivity contribution in [3.8, 4) is 11.5 Å². The van der Waals surface area contributed by atoms with Crippen molar-refractivity contribution in [2.75, 3.05) is 12.8 Å². The molecule has 2 aromatic carbocycles. The van der Waals surface area contributed by atoms with Gasteiger partial charge in [-0.2, -0.15) is 0 Å². The van der Waals surface area contributed by atoms with Crippen molar-refractivity contribution < 1.29 is 18.3 Å². The number of hydrogen-bond donors (Lipinski definition) is 1. The molecule has 0 amide bonds. The molecule has 0 atom stereocenters. The Bertz CT molecular complexity index is 567. The number of halogens is 2. The van der Waals surface area contributed by atoms with E-state index in [1.54, 1.807) is 6.07 Å². The summed E-state index contributed by atoms with van der Waals surface area (Å²) in [4.78, 5) is 0. The lowest BCUT2D eigenvalue weighted by atomic mass is 10.2. The first-order chi connectivity index (χ1) is 9.11. The van der Waals surface area contributed by atoms with Gasteiger partial charge in [0.2, 0.25) is 0 Å². The topological polar surface area (TPSA) is 44.5 Å². The molecule has 2 N–H and O–H groups in total. The van der Waals surface area contributed by atoms with E-state index in [4.69, 9.17) is 15.2 Å². The Labute approximate surface area is 109 Å². The number of methoxy groups -OCH3 is 1. The first-order valence-electron chi connectivity index (χ1n) is 5.61. The quantitative estimate of drug-likeness (QED) is 0.864. The standard InChI is InChI=1S/C14H13F2NO2/c1-18-13-6-5-9(7-11(13)16)8-19-14-10(15)3-2-4-12(14)17/h2-7H,8,17H2,1H3. The molecule has 0 heterocycles. The zero-order valence-corrected chi connectivity index (χ0v) is 10.3. The average Bonchev–Trinajstić information content (AvgIpc) is 2.38. The lowest BCUT2D eigenvalue weighted by Gasteiger charge is -2.10. The molecule has 0 radical (unpaired) electrons. The Hall–Kier alpha value is -2.30. The molecule has 0 saturated carbocycles. The van der Waals surface area contributed by atoms with Crippen LogP contribution in [0.3, 0.4) is 0 Å². The third-order valence-corrected chi connectivity index (χ3v) is 2.60. The summed E-state index contributed by atoms with van der Waals surface area (Å²) < 4.78 is 37.0. The summed E-state index contributed by atoms with van der Waals surface area (Å²) in [5.74, 6) is -0.924. The molecule has 2 rings (SSSR count). The molecular formula is C14H13F2NO2. The lowest BCUT2D eigenvalue weighted by molar-refractivity contribution is 0.291. The van der Waals surface area contributed by atoms with E-state index in [1.807, 2.05) is 0 Å². The van der Waals surface area contributed by atoms with Gasteiger partial charge in [0.15, 0.2) is 23.1 Å². The fourth-order valence-corrected chi connectivity index (χ4v) is 1.63. The zero-order valence-electron chi connectivity index (χ0n) is 10.3. The minimum atomic E-state index is -0.547. The summed E-state index contributed by atoms with van der Waals surface area (Å²) in [7, 11) is 1.38. The SMILES string of the molecule is COc1ccc(COc2c(N)cccc2F)cc1F. The van der Waals surface area contributed by atoms with E-state index in [2.05, 4.69) is 0 Å². The highest BCUT2D eigenvalue weighted by molar-refractivity contribution is 5.52. The van der Waals surface area contributed by atoms with Crippen LogP contribution >= 0.6 is 0 Å². The van der Waals surface area contributed by atoms with Crippen LogP contribution in [0.15, 0.2) is 36.4 Å². The van der Waals surface area contributed by atoms with Crippen LogP contribution in [0.4, 0.5) is 14.5 Å². The van der Waals surface area contributed by atoms with Gasteiger partial charge >= 0.3 is 0 Å². The highest BCUT2D eigenvalue weighted by Gasteiger charge is 2.09. The second kappa shape index (κ2) is 5.56. The molecule has 0 aromatic heterocycles. The largest absolute Gasteiger partial charge is 0.494 e. The summed E-state index contributed by atoms with van der Waals surface area (Å²) in [6, 6.07) is 8.67. The third kappa shape index (κ3) is 2.93. The summed E-state index contributed by atoms with van der Waals surface area (Å²) >= 11 is 0. The van der Waals surface area contributed by atoms with Crippen molar-refractivity contribution in [1.29, 1.82) is 0 Å². The molecule has 0 aliphatic heterocycles. The van der Waals surface area contributed by atoms with Crippen molar-refractivity contribution in [3.63, 3.8) is 0 Å². The highest BCUT2D eigenvalue weighted by Crippen LogP contribution is 2.26.